The Bertz CT molecular complexity index is 561. The van der Waals surface area contributed by atoms with Gasteiger partial charge in [-0.2, -0.15) is 0 Å². The number of aliphatic hydroxyl groups is 1. The van der Waals surface area contributed by atoms with E-state index >= 15 is 0 Å². The Hall–Kier alpha value is -1.57. The van der Waals surface area contributed by atoms with Gasteiger partial charge in [-0.1, -0.05) is 0 Å². The zero-order valence-corrected chi connectivity index (χ0v) is 14.9. The van der Waals surface area contributed by atoms with Crippen LogP contribution in [0.1, 0.15) is 25.5 Å². The standard InChI is InChI=1S/C18H28N4O3/c1-15(23)22-6-3-18(24,4-7-22)13-21-8-9-25-12-16(11-21)10-17-2-5-19-14-20-17/h2,5,14,16,24H,3-4,6-13H2,1H3/t16-/m1/s1. The lowest BCUT2D eigenvalue weighted by atomic mass is 9.90. The Balaban J connectivity index is 1.55. The Kier molecular flexibility index (Phi) is 5.98. The van der Waals surface area contributed by atoms with Crippen LogP contribution in [0.15, 0.2) is 18.6 Å². The number of hydrogen-bond donors (Lipinski definition) is 1. The number of β-amino-alcohol motifs (C(OH)–C–C–N with tert-alkyl or cyclic N) is 1. The highest BCUT2D eigenvalue weighted by molar-refractivity contribution is 5.73. The lowest BCUT2D eigenvalue weighted by Crippen LogP contribution is -2.52. The molecule has 1 aromatic heterocycles. The molecule has 1 atom stereocenters. The molecule has 2 fully saturated rings. The van der Waals surface area contributed by atoms with Crippen LogP contribution in [0.2, 0.25) is 0 Å². The summed E-state index contributed by atoms with van der Waals surface area (Å²) >= 11 is 0. The van der Waals surface area contributed by atoms with Crippen LogP contribution < -0.4 is 0 Å². The zero-order valence-electron chi connectivity index (χ0n) is 14.9. The van der Waals surface area contributed by atoms with E-state index in [9.17, 15) is 9.90 Å². The molecule has 2 aliphatic heterocycles. The molecule has 0 spiro atoms. The normalized spacial score (nSPS) is 24.7. The summed E-state index contributed by atoms with van der Waals surface area (Å²) in [6.07, 6.45) is 5.48. The molecule has 7 heteroatoms. The molecule has 2 aliphatic rings. The second-order valence-corrected chi connectivity index (χ2v) is 7.31. The van der Waals surface area contributed by atoms with E-state index in [1.807, 2.05) is 11.0 Å². The fourth-order valence-corrected chi connectivity index (χ4v) is 3.77. The second-order valence-electron chi connectivity index (χ2n) is 7.31. The maximum absolute atomic E-state index is 11.5. The molecule has 0 aliphatic carbocycles. The zero-order chi connectivity index (χ0) is 17.7. The quantitative estimate of drug-likeness (QED) is 0.845. The summed E-state index contributed by atoms with van der Waals surface area (Å²) in [7, 11) is 0. The van der Waals surface area contributed by atoms with Gasteiger partial charge in [-0.3, -0.25) is 9.69 Å². The van der Waals surface area contributed by atoms with Crippen molar-refractivity contribution in [2.24, 2.45) is 5.92 Å². The molecule has 3 rings (SSSR count). The number of aromatic nitrogens is 2. The molecule has 2 saturated heterocycles. The van der Waals surface area contributed by atoms with Crippen molar-refractivity contribution >= 4 is 5.91 Å². The predicted molar refractivity (Wildman–Crippen MR) is 92.9 cm³/mol. The first-order valence-corrected chi connectivity index (χ1v) is 9.07. The maximum atomic E-state index is 11.5. The summed E-state index contributed by atoms with van der Waals surface area (Å²) in [5, 5.41) is 10.9. The monoisotopic (exact) mass is 348 g/mol. The van der Waals surface area contributed by atoms with Crippen molar-refractivity contribution in [3.63, 3.8) is 0 Å². The van der Waals surface area contributed by atoms with Crippen molar-refractivity contribution in [3.8, 4) is 0 Å². The van der Waals surface area contributed by atoms with Crippen LogP contribution in [0.25, 0.3) is 0 Å². The number of ether oxygens (including phenoxy) is 1. The minimum atomic E-state index is -0.713. The highest BCUT2D eigenvalue weighted by atomic mass is 16.5. The van der Waals surface area contributed by atoms with Crippen LogP contribution in [0.3, 0.4) is 0 Å². The van der Waals surface area contributed by atoms with Crippen molar-refractivity contribution in [3.05, 3.63) is 24.3 Å². The summed E-state index contributed by atoms with van der Waals surface area (Å²) in [5.74, 6) is 0.452. The Labute approximate surface area is 149 Å². The molecule has 3 heterocycles. The van der Waals surface area contributed by atoms with Crippen molar-refractivity contribution in [1.82, 2.24) is 19.8 Å². The summed E-state index contributed by atoms with van der Waals surface area (Å²) in [5.41, 5.74) is 0.314. The number of carbonyl (C=O) groups is 1. The van der Waals surface area contributed by atoms with E-state index in [1.54, 1.807) is 19.4 Å². The first-order chi connectivity index (χ1) is 12.0. The van der Waals surface area contributed by atoms with Gasteiger partial charge in [0.1, 0.15) is 6.33 Å². The Morgan fingerprint density at radius 3 is 2.88 bits per heavy atom. The first-order valence-electron chi connectivity index (χ1n) is 9.07. The van der Waals surface area contributed by atoms with Crippen molar-refractivity contribution in [1.29, 1.82) is 0 Å². The fourth-order valence-electron chi connectivity index (χ4n) is 3.77. The second kappa shape index (κ2) is 8.21. The lowest BCUT2D eigenvalue weighted by molar-refractivity contribution is -0.133. The largest absolute Gasteiger partial charge is 0.388 e. The van der Waals surface area contributed by atoms with E-state index in [1.165, 1.54) is 0 Å². The van der Waals surface area contributed by atoms with Crippen LogP contribution in [-0.4, -0.2) is 82.3 Å². The molecular weight excluding hydrogens is 320 g/mol. The van der Waals surface area contributed by atoms with Gasteiger partial charge in [0, 0.05) is 57.5 Å². The minimum absolute atomic E-state index is 0.0927. The van der Waals surface area contributed by atoms with Gasteiger partial charge >= 0.3 is 0 Å². The molecule has 0 radical (unpaired) electrons. The van der Waals surface area contributed by atoms with Crippen LogP contribution in [-0.2, 0) is 16.0 Å². The number of rotatable bonds is 4. The molecule has 0 unspecified atom stereocenters. The number of nitrogens with zero attached hydrogens (tertiary/aromatic N) is 4. The smallest absolute Gasteiger partial charge is 0.219 e. The van der Waals surface area contributed by atoms with Crippen LogP contribution in [0, 0.1) is 5.92 Å². The Morgan fingerprint density at radius 2 is 2.20 bits per heavy atom. The van der Waals surface area contributed by atoms with Gasteiger partial charge in [-0.05, 0) is 25.3 Å². The predicted octanol–water partition coefficient (Wildman–Crippen LogP) is 0.341. The summed E-state index contributed by atoms with van der Waals surface area (Å²) < 4.78 is 5.76. The molecule has 1 aromatic rings. The molecule has 0 bridgehead atoms. The highest BCUT2D eigenvalue weighted by Gasteiger charge is 2.35. The van der Waals surface area contributed by atoms with Crippen molar-refractivity contribution < 1.29 is 14.6 Å². The summed E-state index contributed by atoms with van der Waals surface area (Å²) in [4.78, 5) is 23.9. The number of carbonyl (C=O) groups excluding carboxylic acids is 1. The number of piperidine rings is 1. The maximum Gasteiger partial charge on any atom is 0.219 e. The van der Waals surface area contributed by atoms with Gasteiger partial charge < -0.3 is 14.7 Å². The first kappa shape index (κ1) is 18.2. The van der Waals surface area contributed by atoms with Crippen LogP contribution in [0.4, 0.5) is 0 Å². The Morgan fingerprint density at radius 1 is 1.40 bits per heavy atom. The molecule has 7 nitrogen and oxygen atoms in total. The number of amides is 1. The van der Waals surface area contributed by atoms with E-state index in [0.717, 1.165) is 31.8 Å². The number of hydrogen-bond acceptors (Lipinski definition) is 6. The molecule has 138 valence electrons. The van der Waals surface area contributed by atoms with Gasteiger partial charge in [0.15, 0.2) is 0 Å². The molecule has 0 saturated carbocycles. The van der Waals surface area contributed by atoms with Gasteiger partial charge in [0.25, 0.3) is 0 Å². The lowest BCUT2D eigenvalue weighted by Gasteiger charge is -2.40. The molecule has 25 heavy (non-hydrogen) atoms. The summed E-state index contributed by atoms with van der Waals surface area (Å²) in [6.45, 7) is 6.65. The van der Waals surface area contributed by atoms with Gasteiger partial charge in [0.2, 0.25) is 5.91 Å². The molecular formula is C18H28N4O3. The number of likely N-dealkylation sites (tertiary alicyclic amines) is 1. The average Bonchev–Trinajstić information content (AvgIpc) is 2.80. The van der Waals surface area contributed by atoms with Crippen molar-refractivity contribution in [2.75, 3.05) is 45.9 Å². The molecule has 0 aromatic carbocycles. The van der Waals surface area contributed by atoms with E-state index in [4.69, 9.17) is 4.74 Å². The van der Waals surface area contributed by atoms with E-state index in [-0.39, 0.29) is 5.91 Å². The van der Waals surface area contributed by atoms with Gasteiger partial charge in [-0.15, -0.1) is 0 Å². The highest BCUT2D eigenvalue weighted by Crippen LogP contribution is 2.25. The van der Waals surface area contributed by atoms with Crippen molar-refractivity contribution in [2.45, 2.75) is 31.8 Å². The third kappa shape index (κ3) is 5.20. The van der Waals surface area contributed by atoms with Gasteiger partial charge in [-0.25, -0.2) is 9.97 Å². The summed E-state index contributed by atoms with van der Waals surface area (Å²) in [6, 6.07) is 1.94. The average molecular weight is 348 g/mol. The van der Waals surface area contributed by atoms with Gasteiger partial charge in [0.05, 0.1) is 18.8 Å². The molecule has 1 amide bonds. The third-order valence-corrected chi connectivity index (χ3v) is 5.22. The molecule has 1 N–H and O–H groups in total. The topological polar surface area (TPSA) is 78.8 Å². The van der Waals surface area contributed by atoms with Crippen LogP contribution in [0.5, 0.6) is 0 Å². The SMILES string of the molecule is CC(=O)N1CCC(O)(CN2CCOC[C@H](Cc3ccncn3)C2)CC1. The van der Waals surface area contributed by atoms with E-state index in [2.05, 4.69) is 14.9 Å². The van der Waals surface area contributed by atoms with E-state index < -0.39 is 5.60 Å². The fraction of sp³-hybridized carbons (Fsp3) is 0.722. The minimum Gasteiger partial charge on any atom is -0.388 e. The third-order valence-electron chi connectivity index (χ3n) is 5.22. The van der Waals surface area contributed by atoms with Crippen LogP contribution >= 0.6 is 0 Å². The van der Waals surface area contributed by atoms with E-state index in [0.29, 0.717) is 45.0 Å².